The number of nitrogens with zero attached hydrogens (tertiary/aromatic N) is 2. The maximum absolute atomic E-state index is 13.2. The summed E-state index contributed by atoms with van der Waals surface area (Å²) in [5.41, 5.74) is 1.90. The van der Waals surface area contributed by atoms with Crippen molar-refractivity contribution >= 4 is 61.9 Å². The molecule has 1 fully saturated rings. The summed E-state index contributed by atoms with van der Waals surface area (Å²) in [5.74, 6) is -0.950. The number of aliphatic carboxylic acids is 1. The highest BCUT2D eigenvalue weighted by atomic mass is 35.5. The van der Waals surface area contributed by atoms with Gasteiger partial charge in [-0.15, -0.1) is 0 Å². The Labute approximate surface area is 285 Å². The zero-order valence-corrected chi connectivity index (χ0v) is 27.7. The molecule has 0 aliphatic heterocycles. The molecule has 4 aromatic rings. The average Bonchev–Trinajstić information content (AvgIpc) is 3.03. The monoisotopic (exact) mass is 729 g/mol. The third-order valence-corrected chi connectivity index (χ3v) is 9.53. The number of halogens is 6. The number of para-hydroxylation sites is 1. The van der Waals surface area contributed by atoms with Crippen molar-refractivity contribution < 1.29 is 35.9 Å². The third kappa shape index (κ3) is 11.2. The van der Waals surface area contributed by atoms with Crippen molar-refractivity contribution in [2.24, 2.45) is 11.8 Å². The Hall–Kier alpha value is -3.72. The van der Waals surface area contributed by atoms with E-state index in [9.17, 15) is 26.0 Å². The van der Waals surface area contributed by atoms with Crippen LogP contribution in [-0.4, -0.2) is 55.3 Å². The standard InChI is InChI=1S/C30H32Cl2FN5O2S.C2HF3O2/c31-23-15-24(32)17-26(16-23)41(39,40)36-19-22-7-5-21(6-8-22)18-35-30-37-28-4-2-1-3-27(28)29(38-30)34-14-13-20-9-11-25(33)12-10-20;3-2(4,5)1(6)7/h1-4,9-12,15-17,21-22,36H,5-8,13-14,18-19H2,(H2,34,35,37,38);(H,6,7). The number of sulfonamides is 1. The number of carbonyl (C=O) groups is 1. The van der Waals surface area contributed by atoms with E-state index >= 15 is 0 Å². The molecule has 1 aromatic heterocycles. The number of aromatic nitrogens is 2. The molecule has 0 bridgehead atoms. The lowest BCUT2D eigenvalue weighted by molar-refractivity contribution is -0.192. The Bertz CT molecular complexity index is 1790. The molecule has 0 radical (unpaired) electrons. The first-order valence-corrected chi connectivity index (χ1v) is 17.2. The molecule has 16 heteroatoms. The number of hydrogen-bond acceptors (Lipinski definition) is 7. The molecule has 1 saturated carbocycles. The van der Waals surface area contributed by atoms with E-state index in [1.165, 1.54) is 30.3 Å². The van der Waals surface area contributed by atoms with Crippen LogP contribution in [0.3, 0.4) is 0 Å². The van der Waals surface area contributed by atoms with Gasteiger partial charge in [0.2, 0.25) is 16.0 Å². The number of fused-ring (bicyclic) bond motifs is 1. The van der Waals surface area contributed by atoms with Crippen LogP contribution in [-0.2, 0) is 21.2 Å². The van der Waals surface area contributed by atoms with Gasteiger partial charge in [-0.05, 0) is 92.0 Å². The fourth-order valence-corrected chi connectivity index (χ4v) is 6.98. The second-order valence-electron chi connectivity index (χ2n) is 11.2. The highest BCUT2D eigenvalue weighted by Gasteiger charge is 2.38. The summed E-state index contributed by atoms with van der Waals surface area (Å²) in [6, 6.07) is 18.7. The van der Waals surface area contributed by atoms with Gasteiger partial charge in [0.25, 0.3) is 0 Å². The molecule has 5 rings (SSSR count). The van der Waals surface area contributed by atoms with E-state index in [4.69, 9.17) is 43.1 Å². The normalized spacial score (nSPS) is 16.5. The van der Waals surface area contributed by atoms with Crippen molar-refractivity contribution in [2.75, 3.05) is 30.3 Å². The zero-order valence-electron chi connectivity index (χ0n) is 25.4. The van der Waals surface area contributed by atoms with Crippen molar-refractivity contribution in [3.05, 3.63) is 88.2 Å². The molecule has 1 aliphatic rings. The Morgan fingerprint density at radius 2 is 1.46 bits per heavy atom. The lowest BCUT2D eigenvalue weighted by Gasteiger charge is -2.28. The highest BCUT2D eigenvalue weighted by Crippen LogP contribution is 2.30. The number of carboxylic acids is 1. The van der Waals surface area contributed by atoms with Gasteiger partial charge in [0.05, 0.1) is 10.4 Å². The second-order valence-corrected chi connectivity index (χ2v) is 13.9. The van der Waals surface area contributed by atoms with E-state index in [-0.39, 0.29) is 26.7 Å². The maximum atomic E-state index is 13.2. The van der Waals surface area contributed by atoms with Crippen LogP contribution in [0.4, 0.5) is 29.3 Å². The van der Waals surface area contributed by atoms with Gasteiger partial charge in [0.15, 0.2) is 0 Å². The van der Waals surface area contributed by atoms with E-state index < -0.39 is 22.2 Å². The van der Waals surface area contributed by atoms with Crippen LogP contribution in [0, 0.1) is 17.7 Å². The Balaban J connectivity index is 0.000000671. The van der Waals surface area contributed by atoms with Gasteiger partial charge in [-0.3, -0.25) is 0 Å². The van der Waals surface area contributed by atoms with Crippen LogP contribution in [0.1, 0.15) is 31.2 Å². The second kappa shape index (κ2) is 16.6. The topological polar surface area (TPSA) is 133 Å². The van der Waals surface area contributed by atoms with Crippen molar-refractivity contribution in [2.45, 2.75) is 43.2 Å². The molecular formula is C32H33Cl2F4N5O4S. The first kappa shape index (κ1) is 37.1. The van der Waals surface area contributed by atoms with Gasteiger partial charge in [0.1, 0.15) is 11.6 Å². The molecule has 48 heavy (non-hydrogen) atoms. The summed E-state index contributed by atoms with van der Waals surface area (Å²) in [6.45, 7) is 1.78. The first-order valence-electron chi connectivity index (χ1n) is 14.9. The quantitative estimate of drug-likeness (QED) is 0.116. The Morgan fingerprint density at radius 3 is 2.06 bits per heavy atom. The fourth-order valence-electron chi connectivity index (χ4n) is 5.14. The molecule has 0 atom stereocenters. The van der Waals surface area contributed by atoms with E-state index in [0.717, 1.165) is 60.9 Å². The lowest BCUT2D eigenvalue weighted by atomic mass is 9.82. The summed E-state index contributed by atoms with van der Waals surface area (Å²) >= 11 is 12.0. The number of nitrogens with one attached hydrogen (secondary N) is 3. The number of anilines is 2. The van der Waals surface area contributed by atoms with Crippen molar-refractivity contribution in [1.29, 1.82) is 0 Å². The largest absolute Gasteiger partial charge is 0.490 e. The van der Waals surface area contributed by atoms with Gasteiger partial charge in [0, 0.05) is 35.1 Å². The number of hydrogen-bond donors (Lipinski definition) is 4. The number of rotatable bonds is 11. The highest BCUT2D eigenvalue weighted by molar-refractivity contribution is 7.89. The SMILES string of the molecule is O=C(O)C(F)(F)F.O=S(=O)(NCC1CCC(CNc2nc(NCCc3ccc(F)cc3)c3ccccc3n2)CC1)c1cc(Cl)cc(Cl)c1. The molecule has 258 valence electrons. The van der Waals surface area contributed by atoms with E-state index in [2.05, 4.69) is 15.4 Å². The summed E-state index contributed by atoms with van der Waals surface area (Å²) in [5, 5.41) is 15.5. The fraction of sp³-hybridized carbons (Fsp3) is 0.344. The molecule has 0 amide bonds. The number of carboxylic acid groups (broad SMARTS) is 1. The van der Waals surface area contributed by atoms with Crippen LogP contribution in [0.5, 0.6) is 0 Å². The third-order valence-electron chi connectivity index (χ3n) is 7.69. The van der Waals surface area contributed by atoms with Crippen LogP contribution >= 0.6 is 23.2 Å². The predicted molar refractivity (Wildman–Crippen MR) is 177 cm³/mol. The van der Waals surface area contributed by atoms with Gasteiger partial charge >= 0.3 is 12.1 Å². The molecule has 3 aromatic carbocycles. The molecule has 1 aliphatic carbocycles. The smallest absolute Gasteiger partial charge is 0.475 e. The van der Waals surface area contributed by atoms with E-state index in [1.54, 1.807) is 12.1 Å². The Kier molecular flexibility index (Phi) is 12.8. The molecular weight excluding hydrogens is 697 g/mol. The molecule has 9 nitrogen and oxygen atoms in total. The average molecular weight is 731 g/mol. The van der Waals surface area contributed by atoms with E-state index in [0.29, 0.717) is 25.0 Å². The molecule has 1 heterocycles. The Morgan fingerprint density at radius 1 is 0.875 bits per heavy atom. The predicted octanol–water partition coefficient (Wildman–Crippen LogP) is 7.56. The lowest BCUT2D eigenvalue weighted by Crippen LogP contribution is -2.32. The van der Waals surface area contributed by atoms with Crippen molar-refractivity contribution in [1.82, 2.24) is 14.7 Å². The molecule has 0 spiro atoms. The van der Waals surface area contributed by atoms with Crippen molar-refractivity contribution in [3.8, 4) is 0 Å². The molecule has 0 unspecified atom stereocenters. The van der Waals surface area contributed by atoms with Crippen LogP contribution in [0.15, 0.2) is 71.6 Å². The van der Waals surface area contributed by atoms with Gasteiger partial charge in [-0.25, -0.2) is 27.3 Å². The van der Waals surface area contributed by atoms with Crippen LogP contribution in [0.25, 0.3) is 10.9 Å². The summed E-state index contributed by atoms with van der Waals surface area (Å²) in [4.78, 5) is 18.4. The van der Waals surface area contributed by atoms with Gasteiger partial charge in [-0.1, -0.05) is 47.5 Å². The number of alkyl halides is 3. The van der Waals surface area contributed by atoms with Gasteiger partial charge < -0.3 is 15.7 Å². The van der Waals surface area contributed by atoms with Crippen LogP contribution in [0.2, 0.25) is 10.0 Å². The molecule has 4 N–H and O–H groups in total. The maximum Gasteiger partial charge on any atom is 0.490 e. The summed E-state index contributed by atoms with van der Waals surface area (Å²) in [7, 11) is -3.68. The summed E-state index contributed by atoms with van der Waals surface area (Å²) in [6.07, 6.45) is -0.509. The molecule has 0 saturated heterocycles. The van der Waals surface area contributed by atoms with Crippen molar-refractivity contribution in [3.63, 3.8) is 0 Å². The minimum Gasteiger partial charge on any atom is -0.475 e. The first-order chi connectivity index (χ1) is 22.7. The van der Waals surface area contributed by atoms with E-state index in [1.807, 2.05) is 24.3 Å². The summed E-state index contributed by atoms with van der Waals surface area (Å²) < 4.78 is 73.1. The van der Waals surface area contributed by atoms with Gasteiger partial charge in [-0.2, -0.15) is 18.2 Å². The van der Waals surface area contributed by atoms with Crippen LogP contribution < -0.4 is 15.4 Å². The number of benzene rings is 3. The zero-order chi connectivity index (χ0) is 34.9. The minimum atomic E-state index is -5.08. The minimum absolute atomic E-state index is 0.0765.